The van der Waals surface area contributed by atoms with Crippen LogP contribution >= 0.6 is 0 Å². The SMILES string of the molecule is CNCC1(C)CCCN1S(=O)(=O)c1ccccc1. The van der Waals surface area contributed by atoms with Crippen molar-refractivity contribution in [3.05, 3.63) is 30.3 Å². The molecular weight excluding hydrogens is 248 g/mol. The van der Waals surface area contributed by atoms with Gasteiger partial charge in [0, 0.05) is 18.6 Å². The highest BCUT2D eigenvalue weighted by Crippen LogP contribution is 2.33. The summed E-state index contributed by atoms with van der Waals surface area (Å²) >= 11 is 0. The number of nitrogens with zero attached hydrogens (tertiary/aromatic N) is 1. The van der Waals surface area contributed by atoms with Crippen molar-refractivity contribution in [2.24, 2.45) is 0 Å². The molecule has 0 bridgehead atoms. The first kappa shape index (κ1) is 13.5. The molecule has 5 heteroatoms. The van der Waals surface area contributed by atoms with Crippen LogP contribution in [-0.2, 0) is 10.0 Å². The van der Waals surface area contributed by atoms with Gasteiger partial charge in [-0.05, 0) is 38.9 Å². The highest BCUT2D eigenvalue weighted by Gasteiger charge is 2.43. The highest BCUT2D eigenvalue weighted by atomic mass is 32.2. The van der Waals surface area contributed by atoms with Crippen molar-refractivity contribution in [3.8, 4) is 0 Å². The lowest BCUT2D eigenvalue weighted by molar-refractivity contribution is 0.260. The normalized spacial score (nSPS) is 25.4. The Morgan fingerprint density at radius 1 is 1.33 bits per heavy atom. The summed E-state index contributed by atoms with van der Waals surface area (Å²) in [6.07, 6.45) is 1.82. The first-order valence-electron chi connectivity index (χ1n) is 6.23. The molecule has 2 rings (SSSR count). The van der Waals surface area contributed by atoms with Gasteiger partial charge in [0.1, 0.15) is 0 Å². The summed E-state index contributed by atoms with van der Waals surface area (Å²) in [5, 5.41) is 3.10. The number of hydrogen-bond acceptors (Lipinski definition) is 3. The van der Waals surface area contributed by atoms with E-state index in [9.17, 15) is 8.42 Å². The van der Waals surface area contributed by atoms with E-state index in [-0.39, 0.29) is 5.54 Å². The molecule has 1 aromatic rings. The third-order valence-corrected chi connectivity index (χ3v) is 5.64. The molecular formula is C13H20N2O2S. The molecule has 1 heterocycles. The second kappa shape index (κ2) is 4.99. The molecule has 18 heavy (non-hydrogen) atoms. The lowest BCUT2D eigenvalue weighted by Crippen LogP contribution is -2.50. The average Bonchev–Trinajstić information content (AvgIpc) is 2.73. The first-order chi connectivity index (χ1) is 8.50. The Kier molecular flexibility index (Phi) is 3.75. The van der Waals surface area contributed by atoms with Crippen LogP contribution in [0, 0.1) is 0 Å². The van der Waals surface area contributed by atoms with Crippen molar-refractivity contribution in [3.63, 3.8) is 0 Å². The van der Waals surface area contributed by atoms with Gasteiger partial charge in [-0.25, -0.2) is 8.42 Å². The minimum Gasteiger partial charge on any atom is -0.318 e. The lowest BCUT2D eigenvalue weighted by atomic mass is 10.0. The quantitative estimate of drug-likeness (QED) is 0.899. The standard InChI is InChI=1S/C13H20N2O2S/c1-13(11-14-2)9-6-10-15(13)18(16,17)12-7-4-3-5-8-12/h3-5,7-8,14H,6,9-11H2,1-2H3. The fourth-order valence-electron chi connectivity index (χ4n) is 2.69. The van der Waals surface area contributed by atoms with Gasteiger partial charge in [0.05, 0.1) is 4.90 Å². The number of sulfonamides is 1. The Morgan fingerprint density at radius 3 is 2.61 bits per heavy atom. The third kappa shape index (κ3) is 2.30. The molecule has 0 aliphatic carbocycles. The molecule has 1 aromatic carbocycles. The van der Waals surface area contributed by atoms with E-state index in [1.807, 2.05) is 20.0 Å². The summed E-state index contributed by atoms with van der Waals surface area (Å²) in [6, 6.07) is 8.67. The first-order valence-corrected chi connectivity index (χ1v) is 7.67. The van der Waals surface area contributed by atoms with Gasteiger partial charge in [0.25, 0.3) is 0 Å². The summed E-state index contributed by atoms with van der Waals surface area (Å²) in [6.45, 7) is 3.30. The maximum atomic E-state index is 12.6. The van der Waals surface area contributed by atoms with E-state index in [1.54, 1.807) is 28.6 Å². The Morgan fingerprint density at radius 2 is 2.00 bits per heavy atom. The second-order valence-electron chi connectivity index (χ2n) is 5.02. The summed E-state index contributed by atoms with van der Waals surface area (Å²) in [4.78, 5) is 0.384. The van der Waals surface area contributed by atoms with E-state index >= 15 is 0 Å². The molecule has 1 saturated heterocycles. The monoisotopic (exact) mass is 268 g/mol. The molecule has 100 valence electrons. The van der Waals surface area contributed by atoms with Gasteiger partial charge >= 0.3 is 0 Å². The predicted octanol–water partition coefficient (Wildman–Crippen LogP) is 1.45. The zero-order valence-corrected chi connectivity index (χ0v) is 11.7. The van der Waals surface area contributed by atoms with E-state index < -0.39 is 10.0 Å². The molecule has 4 nitrogen and oxygen atoms in total. The maximum absolute atomic E-state index is 12.6. The van der Waals surface area contributed by atoms with Gasteiger partial charge in [0.2, 0.25) is 10.0 Å². The summed E-state index contributed by atoms with van der Waals surface area (Å²) < 4.78 is 26.9. The topological polar surface area (TPSA) is 49.4 Å². The molecule has 1 atom stereocenters. The second-order valence-corrected chi connectivity index (χ2v) is 6.88. The number of nitrogens with one attached hydrogen (secondary N) is 1. The van der Waals surface area contributed by atoms with E-state index in [2.05, 4.69) is 5.32 Å². The number of likely N-dealkylation sites (N-methyl/N-ethyl adjacent to an activating group) is 1. The molecule has 1 unspecified atom stereocenters. The van der Waals surface area contributed by atoms with Crippen LogP contribution in [0.25, 0.3) is 0 Å². The molecule has 0 radical (unpaired) electrons. The molecule has 0 amide bonds. The van der Waals surface area contributed by atoms with Crippen LogP contribution in [0.15, 0.2) is 35.2 Å². The van der Waals surface area contributed by atoms with Crippen molar-refractivity contribution in [1.29, 1.82) is 0 Å². The number of hydrogen-bond donors (Lipinski definition) is 1. The van der Waals surface area contributed by atoms with Crippen LogP contribution in [0.3, 0.4) is 0 Å². The molecule has 0 saturated carbocycles. The third-order valence-electron chi connectivity index (χ3n) is 3.57. The Hall–Kier alpha value is -0.910. The van der Waals surface area contributed by atoms with Gasteiger partial charge in [-0.15, -0.1) is 0 Å². The van der Waals surface area contributed by atoms with Crippen LogP contribution in [0.5, 0.6) is 0 Å². The maximum Gasteiger partial charge on any atom is 0.243 e. The molecule has 1 fully saturated rings. The number of benzene rings is 1. The van der Waals surface area contributed by atoms with Crippen LogP contribution in [-0.4, -0.2) is 38.4 Å². The minimum atomic E-state index is -3.38. The molecule has 1 aliphatic heterocycles. The Balaban J connectivity index is 2.36. The Bertz CT molecular complexity index is 501. The van der Waals surface area contributed by atoms with Crippen molar-refractivity contribution < 1.29 is 8.42 Å². The van der Waals surface area contributed by atoms with Crippen LogP contribution in [0.4, 0.5) is 0 Å². The zero-order chi connectivity index (χ0) is 13.2. The largest absolute Gasteiger partial charge is 0.318 e. The molecule has 1 N–H and O–H groups in total. The minimum absolute atomic E-state index is 0.316. The van der Waals surface area contributed by atoms with E-state index in [4.69, 9.17) is 0 Å². The van der Waals surface area contributed by atoms with Crippen molar-refractivity contribution >= 4 is 10.0 Å². The van der Waals surface area contributed by atoms with Gasteiger partial charge in [-0.3, -0.25) is 0 Å². The van der Waals surface area contributed by atoms with E-state index in [0.717, 1.165) is 12.8 Å². The fraction of sp³-hybridized carbons (Fsp3) is 0.538. The van der Waals surface area contributed by atoms with E-state index in [1.165, 1.54) is 0 Å². The Labute approximate surface area is 109 Å². The predicted molar refractivity (Wildman–Crippen MR) is 71.9 cm³/mol. The van der Waals surface area contributed by atoms with Crippen LogP contribution < -0.4 is 5.32 Å². The molecule has 1 aliphatic rings. The smallest absolute Gasteiger partial charge is 0.243 e. The van der Waals surface area contributed by atoms with Crippen LogP contribution in [0.1, 0.15) is 19.8 Å². The number of rotatable bonds is 4. The fourth-order valence-corrected chi connectivity index (χ4v) is 4.55. The van der Waals surface area contributed by atoms with Crippen molar-refractivity contribution in [1.82, 2.24) is 9.62 Å². The van der Waals surface area contributed by atoms with Gasteiger partial charge < -0.3 is 5.32 Å². The highest BCUT2D eigenvalue weighted by molar-refractivity contribution is 7.89. The van der Waals surface area contributed by atoms with Crippen molar-refractivity contribution in [2.45, 2.75) is 30.2 Å². The summed E-state index contributed by atoms with van der Waals surface area (Å²) in [5.74, 6) is 0. The van der Waals surface area contributed by atoms with Gasteiger partial charge in [-0.2, -0.15) is 4.31 Å². The summed E-state index contributed by atoms with van der Waals surface area (Å²) in [5.41, 5.74) is -0.316. The van der Waals surface area contributed by atoms with Gasteiger partial charge in [-0.1, -0.05) is 18.2 Å². The van der Waals surface area contributed by atoms with Crippen LogP contribution in [0.2, 0.25) is 0 Å². The zero-order valence-electron chi connectivity index (χ0n) is 10.9. The average molecular weight is 268 g/mol. The lowest BCUT2D eigenvalue weighted by Gasteiger charge is -2.34. The van der Waals surface area contributed by atoms with E-state index in [0.29, 0.717) is 18.0 Å². The molecule has 0 spiro atoms. The van der Waals surface area contributed by atoms with Crippen molar-refractivity contribution in [2.75, 3.05) is 20.1 Å². The summed E-state index contributed by atoms with van der Waals surface area (Å²) in [7, 11) is -1.52. The molecule has 0 aromatic heterocycles. The van der Waals surface area contributed by atoms with Gasteiger partial charge in [0.15, 0.2) is 0 Å².